The zero-order chi connectivity index (χ0) is 9.97. The highest BCUT2D eigenvalue weighted by Crippen LogP contribution is 2.17. The number of benzene rings is 1. The Kier molecular flexibility index (Phi) is 2.37. The number of hydrogen-bond acceptors (Lipinski definition) is 3. The summed E-state index contributed by atoms with van der Waals surface area (Å²) in [6, 6.07) is 7.62. The van der Waals surface area contributed by atoms with E-state index in [0.717, 1.165) is 11.3 Å². The second-order valence-electron chi connectivity index (χ2n) is 3.15. The molecule has 2 N–H and O–H groups in total. The molecular formula is C10H12N2O2. The van der Waals surface area contributed by atoms with E-state index in [2.05, 4.69) is 10.6 Å². The van der Waals surface area contributed by atoms with E-state index in [9.17, 15) is 4.79 Å². The Morgan fingerprint density at radius 3 is 2.57 bits per heavy atom. The van der Waals surface area contributed by atoms with E-state index in [0.29, 0.717) is 6.54 Å². The summed E-state index contributed by atoms with van der Waals surface area (Å²) in [5, 5.41) is 5.88. The lowest BCUT2D eigenvalue weighted by molar-refractivity contribution is -0.118. The van der Waals surface area contributed by atoms with E-state index in [-0.39, 0.29) is 12.1 Å². The SMILES string of the molecule is COc1ccc(C2NCC(=O)N2)cc1. The molecule has 0 aliphatic carbocycles. The predicted molar refractivity (Wildman–Crippen MR) is 51.9 cm³/mol. The van der Waals surface area contributed by atoms with Gasteiger partial charge >= 0.3 is 0 Å². The monoisotopic (exact) mass is 192 g/mol. The molecule has 1 amide bonds. The molecule has 1 atom stereocenters. The van der Waals surface area contributed by atoms with Gasteiger partial charge in [0.2, 0.25) is 5.91 Å². The van der Waals surface area contributed by atoms with Crippen LogP contribution in [0.2, 0.25) is 0 Å². The van der Waals surface area contributed by atoms with Crippen LogP contribution < -0.4 is 15.4 Å². The van der Waals surface area contributed by atoms with Crippen molar-refractivity contribution in [2.24, 2.45) is 0 Å². The topological polar surface area (TPSA) is 50.4 Å². The van der Waals surface area contributed by atoms with E-state index in [1.165, 1.54) is 0 Å². The van der Waals surface area contributed by atoms with Gasteiger partial charge in [-0.05, 0) is 17.7 Å². The molecule has 0 spiro atoms. The molecule has 1 fully saturated rings. The third kappa shape index (κ3) is 1.70. The van der Waals surface area contributed by atoms with Crippen LogP contribution in [-0.2, 0) is 4.79 Å². The number of rotatable bonds is 2. The first-order valence-corrected chi connectivity index (χ1v) is 4.46. The minimum atomic E-state index is -0.0617. The molecule has 4 nitrogen and oxygen atoms in total. The summed E-state index contributed by atoms with van der Waals surface area (Å²) in [5.41, 5.74) is 1.04. The molecule has 1 saturated heterocycles. The van der Waals surface area contributed by atoms with Crippen LogP contribution in [0.15, 0.2) is 24.3 Å². The second kappa shape index (κ2) is 3.67. The lowest BCUT2D eigenvalue weighted by Gasteiger charge is -2.10. The standard InChI is InChI=1S/C10H12N2O2/c1-14-8-4-2-7(3-5-8)10-11-6-9(13)12-10/h2-5,10-11H,6H2,1H3,(H,12,13). The van der Waals surface area contributed by atoms with Crippen molar-refractivity contribution in [2.75, 3.05) is 13.7 Å². The molecule has 74 valence electrons. The fourth-order valence-corrected chi connectivity index (χ4v) is 1.46. The molecular weight excluding hydrogens is 180 g/mol. The molecule has 0 saturated carbocycles. The Morgan fingerprint density at radius 1 is 1.36 bits per heavy atom. The number of nitrogens with one attached hydrogen (secondary N) is 2. The lowest BCUT2D eigenvalue weighted by Crippen LogP contribution is -2.22. The van der Waals surface area contributed by atoms with Gasteiger partial charge in [0.25, 0.3) is 0 Å². The maximum atomic E-state index is 11.0. The zero-order valence-electron chi connectivity index (χ0n) is 7.91. The maximum absolute atomic E-state index is 11.0. The third-order valence-corrected chi connectivity index (χ3v) is 2.22. The predicted octanol–water partition coefficient (Wildman–Crippen LogP) is 0.413. The quantitative estimate of drug-likeness (QED) is 0.713. The van der Waals surface area contributed by atoms with Crippen LogP contribution >= 0.6 is 0 Å². The summed E-state index contributed by atoms with van der Waals surface area (Å²) >= 11 is 0. The molecule has 1 heterocycles. The number of carbonyl (C=O) groups excluding carboxylic acids is 1. The summed E-state index contributed by atoms with van der Waals surface area (Å²) in [4.78, 5) is 11.0. The number of hydrogen-bond donors (Lipinski definition) is 2. The van der Waals surface area contributed by atoms with Gasteiger partial charge in [0.15, 0.2) is 0 Å². The van der Waals surface area contributed by atoms with Gasteiger partial charge in [0, 0.05) is 0 Å². The van der Waals surface area contributed by atoms with Gasteiger partial charge in [0.05, 0.1) is 13.7 Å². The van der Waals surface area contributed by atoms with Crippen LogP contribution in [0.4, 0.5) is 0 Å². The highest BCUT2D eigenvalue weighted by atomic mass is 16.5. The van der Waals surface area contributed by atoms with E-state index in [4.69, 9.17) is 4.74 Å². The highest BCUT2D eigenvalue weighted by molar-refractivity contribution is 5.80. The molecule has 1 aromatic rings. The molecule has 1 aromatic carbocycles. The van der Waals surface area contributed by atoms with Crippen molar-refractivity contribution < 1.29 is 9.53 Å². The zero-order valence-corrected chi connectivity index (χ0v) is 7.91. The molecule has 14 heavy (non-hydrogen) atoms. The Bertz CT molecular complexity index is 334. The van der Waals surface area contributed by atoms with Crippen LogP contribution in [0.5, 0.6) is 5.75 Å². The molecule has 1 unspecified atom stereocenters. The summed E-state index contributed by atoms with van der Waals surface area (Å²) in [6.45, 7) is 0.386. The maximum Gasteiger partial charge on any atom is 0.235 e. The van der Waals surface area contributed by atoms with Crippen molar-refractivity contribution in [3.8, 4) is 5.75 Å². The van der Waals surface area contributed by atoms with Crippen molar-refractivity contribution in [2.45, 2.75) is 6.17 Å². The van der Waals surface area contributed by atoms with Crippen LogP contribution in [0.1, 0.15) is 11.7 Å². The molecule has 1 aliphatic rings. The first-order chi connectivity index (χ1) is 6.79. The first kappa shape index (κ1) is 9.02. The lowest BCUT2D eigenvalue weighted by atomic mass is 10.2. The van der Waals surface area contributed by atoms with Gasteiger partial charge < -0.3 is 10.1 Å². The Morgan fingerprint density at radius 2 is 2.07 bits per heavy atom. The smallest absolute Gasteiger partial charge is 0.235 e. The van der Waals surface area contributed by atoms with Gasteiger partial charge in [0.1, 0.15) is 11.9 Å². The van der Waals surface area contributed by atoms with Crippen molar-refractivity contribution in [3.63, 3.8) is 0 Å². The van der Waals surface area contributed by atoms with Crippen molar-refractivity contribution in [3.05, 3.63) is 29.8 Å². The van der Waals surface area contributed by atoms with Gasteiger partial charge in [-0.3, -0.25) is 10.1 Å². The summed E-state index contributed by atoms with van der Waals surface area (Å²) in [6.07, 6.45) is -0.0617. The Balaban J connectivity index is 2.13. The van der Waals surface area contributed by atoms with E-state index < -0.39 is 0 Å². The highest BCUT2D eigenvalue weighted by Gasteiger charge is 2.20. The number of amides is 1. The third-order valence-electron chi connectivity index (χ3n) is 2.22. The summed E-state index contributed by atoms with van der Waals surface area (Å²) in [7, 11) is 1.63. The van der Waals surface area contributed by atoms with Crippen LogP contribution in [-0.4, -0.2) is 19.6 Å². The van der Waals surface area contributed by atoms with Crippen molar-refractivity contribution in [1.82, 2.24) is 10.6 Å². The van der Waals surface area contributed by atoms with Crippen LogP contribution in [0.3, 0.4) is 0 Å². The van der Waals surface area contributed by atoms with E-state index >= 15 is 0 Å². The van der Waals surface area contributed by atoms with E-state index in [1.54, 1.807) is 7.11 Å². The van der Waals surface area contributed by atoms with Gasteiger partial charge in [-0.1, -0.05) is 12.1 Å². The molecule has 2 rings (SSSR count). The number of ether oxygens (including phenoxy) is 1. The van der Waals surface area contributed by atoms with Crippen LogP contribution in [0.25, 0.3) is 0 Å². The van der Waals surface area contributed by atoms with Gasteiger partial charge in [-0.25, -0.2) is 0 Å². The summed E-state index contributed by atoms with van der Waals surface area (Å²) in [5.74, 6) is 0.851. The minimum Gasteiger partial charge on any atom is -0.497 e. The van der Waals surface area contributed by atoms with E-state index in [1.807, 2.05) is 24.3 Å². The normalized spacial score (nSPS) is 20.6. The average Bonchev–Trinajstić information content (AvgIpc) is 2.65. The fourth-order valence-electron chi connectivity index (χ4n) is 1.46. The van der Waals surface area contributed by atoms with Gasteiger partial charge in [-0.2, -0.15) is 0 Å². The fraction of sp³-hybridized carbons (Fsp3) is 0.300. The Hall–Kier alpha value is -1.55. The molecule has 1 aliphatic heterocycles. The summed E-state index contributed by atoms with van der Waals surface area (Å²) < 4.78 is 5.05. The first-order valence-electron chi connectivity index (χ1n) is 4.46. The molecule has 0 radical (unpaired) electrons. The van der Waals surface area contributed by atoms with Gasteiger partial charge in [-0.15, -0.1) is 0 Å². The largest absolute Gasteiger partial charge is 0.497 e. The molecule has 4 heteroatoms. The minimum absolute atomic E-state index is 0.0332. The molecule has 0 bridgehead atoms. The van der Waals surface area contributed by atoms with Crippen LogP contribution in [0, 0.1) is 0 Å². The van der Waals surface area contributed by atoms with Crippen molar-refractivity contribution >= 4 is 5.91 Å². The second-order valence-corrected chi connectivity index (χ2v) is 3.15. The molecule has 0 aromatic heterocycles. The number of carbonyl (C=O) groups is 1. The average molecular weight is 192 g/mol. The number of methoxy groups -OCH3 is 1. The van der Waals surface area contributed by atoms with Crippen molar-refractivity contribution in [1.29, 1.82) is 0 Å². The Labute approximate surface area is 82.3 Å².